The largest absolute Gasteiger partial charge is 0.756 e. The fraction of sp³-hybridized carbons (Fsp3) is 0.814. The van der Waals surface area contributed by atoms with E-state index in [9.17, 15) is 19.0 Å². The summed E-state index contributed by atoms with van der Waals surface area (Å²) in [5.74, 6) is -0.899. The second-order valence-corrected chi connectivity index (χ2v) is 16.8. The molecule has 0 heterocycles. The monoisotopic (exact) mass is 770 g/mol. The van der Waals surface area contributed by atoms with Gasteiger partial charge >= 0.3 is 11.9 Å². The van der Waals surface area contributed by atoms with Gasteiger partial charge in [-0.05, 0) is 64.2 Å². The molecule has 0 N–H and O–H groups in total. The Morgan fingerprint density at radius 2 is 1.04 bits per heavy atom. The first-order valence-electron chi connectivity index (χ1n) is 21.2. The van der Waals surface area contributed by atoms with Crippen LogP contribution < -0.4 is 4.89 Å². The number of phosphoric ester groups is 1. The van der Waals surface area contributed by atoms with E-state index in [0.29, 0.717) is 23.9 Å². The van der Waals surface area contributed by atoms with E-state index in [4.69, 9.17) is 18.5 Å². The van der Waals surface area contributed by atoms with Crippen LogP contribution in [0.3, 0.4) is 0 Å². The molecule has 2 atom stereocenters. The van der Waals surface area contributed by atoms with E-state index < -0.39 is 32.5 Å². The molecule has 0 aliphatic rings. The Morgan fingerprint density at radius 1 is 0.585 bits per heavy atom. The van der Waals surface area contributed by atoms with Crippen LogP contribution in [0.5, 0.6) is 0 Å². The van der Waals surface area contributed by atoms with Crippen molar-refractivity contribution in [3.05, 3.63) is 36.5 Å². The summed E-state index contributed by atoms with van der Waals surface area (Å²) in [5, 5.41) is 0. The van der Waals surface area contributed by atoms with Crippen LogP contribution in [-0.4, -0.2) is 70.0 Å². The van der Waals surface area contributed by atoms with E-state index in [0.717, 1.165) is 57.8 Å². The number of likely N-dealkylation sites (N-methyl/N-ethyl adjacent to an activating group) is 1. The van der Waals surface area contributed by atoms with Gasteiger partial charge in [0.1, 0.15) is 19.8 Å². The number of esters is 2. The van der Waals surface area contributed by atoms with Crippen molar-refractivity contribution in [1.82, 2.24) is 0 Å². The predicted molar refractivity (Wildman–Crippen MR) is 217 cm³/mol. The van der Waals surface area contributed by atoms with Gasteiger partial charge < -0.3 is 27.9 Å². The third-order valence-corrected chi connectivity index (χ3v) is 9.85. The van der Waals surface area contributed by atoms with Crippen molar-refractivity contribution in [3.8, 4) is 0 Å². The van der Waals surface area contributed by atoms with E-state index in [1.807, 2.05) is 21.1 Å². The first-order chi connectivity index (χ1) is 25.5. The van der Waals surface area contributed by atoms with Crippen LogP contribution in [0.1, 0.15) is 174 Å². The number of ether oxygens (including phenoxy) is 2. The minimum atomic E-state index is -4.63. The zero-order chi connectivity index (χ0) is 39.3. The van der Waals surface area contributed by atoms with Gasteiger partial charge in [-0.3, -0.25) is 14.2 Å². The summed E-state index contributed by atoms with van der Waals surface area (Å²) in [5.41, 5.74) is 0. The maximum absolute atomic E-state index is 12.6. The lowest BCUT2D eigenvalue weighted by atomic mass is 10.1. The van der Waals surface area contributed by atoms with E-state index in [-0.39, 0.29) is 26.1 Å². The van der Waals surface area contributed by atoms with E-state index in [1.165, 1.54) is 77.0 Å². The standard InChI is InChI=1S/C43H80NO8P/c1-6-8-10-12-14-16-18-20-21-22-23-24-26-27-29-31-33-35-42(45)49-39-41(40-51-53(47,48)50-38-37-44(3,4)5)52-43(46)36-34-32-30-28-25-19-17-15-13-11-9-7-2/h15,17,23-24,27,29,41H,6-14,16,18-22,25-26,28,30-40H2,1-5H3/b17-15+,24-23+,29-27+/t41-/m0/s1. The summed E-state index contributed by atoms with van der Waals surface area (Å²) < 4.78 is 33.8. The van der Waals surface area contributed by atoms with Crippen molar-refractivity contribution in [2.45, 2.75) is 180 Å². The van der Waals surface area contributed by atoms with E-state index >= 15 is 0 Å². The Kier molecular flexibility index (Phi) is 34.7. The van der Waals surface area contributed by atoms with Crippen molar-refractivity contribution in [1.29, 1.82) is 0 Å². The molecule has 0 rings (SSSR count). The average molecular weight is 770 g/mol. The third-order valence-electron chi connectivity index (χ3n) is 8.88. The maximum Gasteiger partial charge on any atom is 0.306 e. The van der Waals surface area contributed by atoms with Crippen molar-refractivity contribution in [3.63, 3.8) is 0 Å². The van der Waals surface area contributed by atoms with Crippen LogP contribution in [0, 0.1) is 0 Å². The molecule has 0 fully saturated rings. The molecule has 0 saturated carbocycles. The molecule has 310 valence electrons. The summed E-state index contributed by atoms with van der Waals surface area (Å²) in [6.45, 7) is 4.13. The zero-order valence-corrected chi connectivity index (χ0v) is 35.6. The van der Waals surface area contributed by atoms with Crippen LogP contribution in [0.2, 0.25) is 0 Å². The lowest BCUT2D eigenvalue weighted by Crippen LogP contribution is -2.37. The zero-order valence-electron chi connectivity index (χ0n) is 34.7. The van der Waals surface area contributed by atoms with Crippen LogP contribution >= 0.6 is 7.82 Å². The number of hydrogen-bond acceptors (Lipinski definition) is 8. The highest BCUT2D eigenvalue weighted by atomic mass is 31.2. The fourth-order valence-corrected chi connectivity index (χ4v) is 6.24. The lowest BCUT2D eigenvalue weighted by molar-refractivity contribution is -0.870. The second-order valence-electron chi connectivity index (χ2n) is 15.3. The Labute approximate surface area is 325 Å². The molecule has 0 spiro atoms. The molecule has 0 aromatic heterocycles. The smallest absolute Gasteiger partial charge is 0.306 e. The molecule has 0 amide bonds. The molecule has 0 aliphatic carbocycles. The fourth-order valence-electron chi connectivity index (χ4n) is 5.51. The minimum absolute atomic E-state index is 0.0386. The molecule has 1 unspecified atom stereocenters. The number of allylic oxidation sites excluding steroid dienone is 6. The number of nitrogens with zero attached hydrogens (tertiary/aromatic N) is 1. The van der Waals surface area contributed by atoms with E-state index in [1.54, 1.807) is 0 Å². The highest BCUT2D eigenvalue weighted by Crippen LogP contribution is 2.38. The molecule has 0 aromatic rings. The van der Waals surface area contributed by atoms with Gasteiger partial charge in [-0.25, -0.2) is 0 Å². The number of unbranched alkanes of at least 4 members (excludes halogenated alkanes) is 18. The van der Waals surface area contributed by atoms with Crippen LogP contribution in [0.25, 0.3) is 0 Å². The van der Waals surface area contributed by atoms with Crippen molar-refractivity contribution < 1.29 is 42.1 Å². The number of quaternary nitrogens is 1. The number of rotatable bonds is 38. The number of carbonyl (C=O) groups excluding carboxylic acids is 2. The van der Waals surface area contributed by atoms with Gasteiger partial charge in [0.25, 0.3) is 7.82 Å². The SMILES string of the molecule is CCCCC/C=C/CCCCCCCC(=O)O[C@@H](COC(=O)CCC/C=C/C/C=C/CCCCCCCCCCC)COP(=O)([O-])OCC[N+](C)(C)C. The van der Waals surface area contributed by atoms with Crippen molar-refractivity contribution >= 4 is 19.8 Å². The van der Waals surface area contributed by atoms with Gasteiger partial charge in [-0.2, -0.15) is 0 Å². The highest BCUT2D eigenvalue weighted by Gasteiger charge is 2.21. The first-order valence-corrected chi connectivity index (χ1v) is 22.7. The van der Waals surface area contributed by atoms with Gasteiger partial charge in [0.05, 0.1) is 27.7 Å². The van der Waals surface area contributed by atoms with Gasteiger partial charge in [0.2, 0.25) is 0 Å². The van der Waals surface area contributed by atoms with Gasteiger partial charge in [0, 0.05) is 12.8 Å². The minimum Gasteiger partial charge on any atom is -0.756 e. The molecule has 0 aromatic carbocycles. The van der Waals surface area contributed by atoms with Crippen LogP contribution in [0.15, 0.2) is 36.5 Å². The van der Waals surface area contributed by atoms with Gasteiger partial charge in [-0.1, -0.05) is 134 Å². The normalized spacial score (nSPS) is 14.0. The van der Waals surface area contributed by atoms with Crippen molar-refractivity contribution in [2.75, 3.05) is 47.5 Å². The molecule has 0 saturated heterocycles. The summed E-state index contributed by atoms with van der Waals surface area (Å²) in [6.07, 6.45) is 38.9. The molecule has 0 bridgehead atoms. The molecule has 9 nitrogen and oxygen atoms in total. The number of hydrogen-bond donors (Lipinski definition) is 0. The first kappa shape index (κ1) is 51.2. The Morgan fingerprint density at radius 3 is 1.60 bits per heavy atom. The Bertz CT molecular complexity index is 1010. The quantitative estimate of drug-likeness (QED) is 0.0201. The Balaban J connectivity index is 4.44. The summed E-state index contributed by atoms with van der Waals surface area (Å²) in [7, 11) is 1.14. The average Bonchev–Trinajstić information content (AvgIpc) is 3.10. The number of carbonyl (C=O) groups is 2. The van der Waals surface area contributed by atoms with Gasteiger partial charge in [-0.15, -0.1) is 0 Å². The summed E-state index contributed by atoms with van der Waals surface area (Å²) in [6, 6.07) is 0. The molecule has 53 heavy (non-hydrogen) atoms. The Hall–Kier alpha value is -1.77. The van der Waals surface area contributed by atoms with Crippen molar-refractivity contribution in [2.24, 2.45) is 0 Å². The number of phosphoric acid groups is 1. The highest BCUT2D eigenvalue weighted by molar-refractivity contribution is 7.45. The summed E-state index contributed by atoms with van der Waals surface area (Å²) in [4.78, 5) is 37.4. The maximum atomic E-state index is 12.6. The lowest BCUT2D eigenvalue weighted by Gasteiger charge is -2.28. The predicted octanol–water partition coefficient (Wildman–Crippen LogP) is 11.1. The molecular formula is C43H80NO8P. The molecule has 0 radical (unpaired) electrons. The molecule has 0 aliphatic heterocycles. The molecule has 10 heteroatoms. The van der Waals surface area contributed by atoms with Crippen LogP contribution in [-0.2, 0) is 32.7 Å². The third kappa shape index (κ3) is 39.7. The summed E-state index contributed by atoms with van der Waals surface area (Å²) >= 11 is 0. The van der Waals surface area contributed by atoms with E-state index in [2.05, 4.69) is 50.3 Å². The molecular weight excluding hydrogens is 689 g/mol. The second kappa shape index (κ2) is 35.9. The van der Waals surface area contributed by atoms with Crippen LogP contribution in [0.4, 0.5) is 0 Å². The topological polar surface area (TPSA) is 111 Å². The van der Waals surface area contributed by atoms with Gasteiger partial charge in [0.15, 0.2) is 6.10 Å².